The Morgan fingerprint density at radius 3 is 1.00 bits per heavy atom. The summed E-state index contributed by atoms with van der Waals surface area (Å²) in [5.74, 6) is 0. The van der Waals surface area contributed by atoms with Crippen LogP contribution in [0.25, 0.3) is 0 Å². The van der Waals surface area contributed by atoms with Crippen LogP contribution in [0.2, 0.25) is 0 Å². The van der Waals surface area contributed by atoms with E-state index in [9.17, 15) is 10.2 Å². The van der Waals surface area contributed by atoms with Crippen molar-refractivity contribution in [2.24, 2.45) is 0 Å². The van der Waals surface area contributed by atoms with E-state index < -0.39 is 0 Å². The number of rotatable bonds is 2. The molecule has 0 fully saturated rings. The molecule has 0 aliphatic heterocycles. The van der Waals surface area contributed by atoms with Gasteiger partial charge in [0.15, 0.2) is 0 Å². The van der Waals surface area contributed by atoms with Gasteiger partial charge in [0.25, 0.3) is 0 Å². The second-order valence-electron chi connectivity index (χ2n) is 2.44. The van der Waals surface area contributed by atoms with Crippen molar-refractivity contribution in [2.45, 2.75) is 52.7 Å². The van der Waals surface area contributed by atoms with Crippen molar-refractivity contribution < 1.29 is 10.2 Å². The Hall–Kier alpha value is 1.40. The Kier molecular flexibility index (Phi) is 23.1. The van der Waals surface area contributed by atoms with Gasteiger partial charge in [-0.1, -0.05) is 40.5 Å². The molecular formula is C8H18O2Sr. The van der Waals surface area contributed by atoms with Gasteiger partial charge in [-0.15, -0.1) is 12.2 Å². The van der Waals surface area contributed by atoms with Gasteiger partial charge in [0.2, 0.25) is 0 Å². The Morgan fingerprint density at radius 1 is 0.909 bits per heavy atom. The van der Waals surface area contributed by atoms with Gasteiger partial charge in [-0.2, -0.15) is 0 Å². The zero-order chi connectivity index (χ0) is 8.57. The van der Waals surface area contributed by atoms with Gasteiger partial charge >= 0.3 is 45.5 Å². The molecule has 0 amide bonds. The predicted octanol–water partition coefficient (Wildman–Crippen LogP) is -0.0904. The van der Waals surface area contributed by atoms with Crippen molar-refractivity contribution in [3.8, 4) is 0 Å². The van der Waals surface area contributed by atoms with E-state index in [1.807, 2.05) is 13.8 Å². The fraction of sp³-hybridized carbons (Fsp3) is 1.00. The normalized spacial score (nSPS) is 13.6. The van der Waals surface area contributed by atoms with Gasteiger partial charge in [-0.3, -0.25) is 0 Å². The first-order valence-electron chi connectivity index (χ1n) is 3.86. The maximum atomic E-state index is 9.90. The molecule has 0 saturated carbocycles. The molecule has 2 atom stereocenters. The summed E-state index contributed by atoms with van der Waals surface area (Å²) in [7, 11) is 0. The van der Waals surface area contributed by atoms with Gasteiger partial charge < -0.3 is 10.2 Å². The monoisotopic (exact) mass is 234 g/mol. The van der Waals surface area contributed by atoms with Crippen LogP contribution in [-0.4, -0.2) is 57.7 Å². The Labute approximate surface area is 107 Å². The number of hydrogen-bond donors (Lipinski definition) is 0. The molecule has 0 heterocycles. The van der Waals surface area contributed by atoms with E-state index in [0.717, 1.165) is 12.8 Å². The van der Waals surface area contributed by atoms with Crippen LogP contribution in [0, 0.1) is 0 Å². The quantitative estimate of drug-likeness (QED) is 0.626. The summed E-state index contributed by atoms with van der Waals surface area (Å²) in [6, 6.07) is 0. The summed E-state index contributed by atoms with van der Waals surface area (Å²) in [6.07, 6.45) is 0.769. The van der Waals surface area contributed by atoms with E-state index in [2.05, 4.69) is 0 Å². The first-order chi connectivity index (χ1) is 4.54. The summed E-state index contributed by atoms with van der Waals surface area (Å²) < 4.78 is 0. The van der Waals surface area contributed by atoms with Crippen LogP contribution >= 0.6 is 0 Å². The van der Waals surface area contributed by atoms with Gasteiger partial charge in [0.05, 0.1) is 0 Å². The SMILES string of the molecule is CCC(C)[O-].CCC(C)[O-].[Sr+2]. The van der Waals surface area contributed by atoms with Crippen LogP contribution in [0.15, 0.2) is 0 Å². The third-order valence-corrected chi connectivity index (χ3v) is 1.15. The summed E-state index contributed by atoms with van der Waals surface area (Å²) in [6.45, 7) is 7.11. The van der Waals surface area contributed by atoms with Gasteiger partial charge in [-0.25, -0.2) is 0 Å². The third-order valence-electron chi connectivity index (χ3n) is 1.15. The van der Waals surface area contributed by atoms with Crippen molar-refractivity contribution in [1.82, 2.24) is 0 Å². The molecule has 11 heavy (non-hydrogen) atoms. The molecular weight excluding hydrogens is 216 g/mol. The van der Waals surface area contributed by atoms with E-state index >= 15 is 0 Å². The third kappa shape index (κ3) is 34.5. The number of hydrogen-bond acceptors (Lipinski definition) is 2. The Bertz CT molecular complexity index is 48.1. The van der Waals surface area contributed by atoms with Crippen molar-refractivity contribution in [3.63, 3.8) is 0 Å². The summed E-state index contributed by atoms with van der Waals surface area (Å²) in [5.41, 5.74) is 0. The molecule has 0 rings (SSSR count). The van der Waals surface area contributed by atoms with Crippen molar-refractivity contribution in [1.29, 1.82) is 0 Å². The minimum absolute atomic E-state index is 0. The average molecular weight is 234 g/mol. The first kappa shape index (κ1) is 18.2. The van der Waals surface area contributed by atoms with Crippen LogP contribution in [0.3, 0.4) is 0 Å². The molecule has 0 radical (unpaired) electrons. The zero-order valence-corrected chi connectivity index (χ0v) is 11.6. The zero-order valence-electron chi connectivity index (χ0n) is 8.09. The molecule has 0 aromatic carbocycles. The van der Waals surface area contributed by atoms with E-state index in [1.165, 1.54) is 0 Å². The molecule has 3 heteroatoms. The molecule has 0 N–H and O–H groups in total. The molecule has 2 nitrogen and oxygen atoms in total. The van der Waals surface area contributed by atoms with Crippen LogP contribution < -0.4 is 10.2 Å². The second kappa shape index (κ2) is 14.0. The Morgan fingerprint density at radius 2 is 1.00 bits per heavy atom. The predicted molar refractivity (Wildman–Crippen MR) is 45.3 cm³/mol. The van der Waals surface area contributed by atoms with Crippen LogP contribution in [-0.2, 0) is 0 Å². The summed E-state index contributed by atoms with van der Waals surface area (Å²) in [4.78, 5) is 0. The van der Waals surface area contributed by atoms with Crippen LogP contribution in [0.1, 0.15) is 40.5 Å². The molecule has 0 aliphatic carbocycles. The van der Waals surface area contributed by atoms with Gasteiger partial charge in [0, 0.05) is 0 Å². The first-order valence-corrected chi connectivity index (χ1v) is 3.86. The molecule has 0 spiro atoms. The van der Waals surface area contributed by atoms with E-state index in [-0.39, 0.29) is 57.7 Å². The largest absolute Gasteiger partial charge is 2.00 e. The standard InChI is InChI=1S/2C4H9O.Sr/c2*1-3-4(2)5;/h2*4H,3H2,1-2H3;/q2*-1;+2. The smallest absolute Gasteiger partial charge is 0.852 e. The fourth-order valence-corrected chi connectivity index (χ4v) is 0. The molecule has 0 saturated heterocycles. The molecule has 0 bridgehead atoms. The van der Waals surface area contributed by atoms with E-state index in [4.69, 9.17) is 0 Å². The second-order valence-corrected chi connectivity index (χ2v) is 2.44. The fourth-order valence-electron chi connectivity index (χ4n) is 0. The van der Waals surface area contributed by atoms with Crippen molar-refractivity contribution >= 4 is 45.5 Å². The summed E-state index contributed by atoms with van der Waals surface area (Å²) >= 11 is 0. The van der Waals surface area contributed by atoms with E-state index in [0.29, 0.717) is 0 Å². The van der Waals surface area contributed by atoms with Crippen molar-refractivity contribution in [2.75, 3.05) is 0 Å². The van der Waals surface area contributed by atoms with Crippen LogP contribution in [0.5, 0.6) is 0 Å². The summed E-state index contributed by atoms with van der Waals surface area (Å²) in [5, 5.41) is 19.8. The van der Waals surface area contributed by atoms with E-state index in [1.54, 1.807) is 13.8 Å². The molecule has 0 aliphatic rings. The average Bonchev–Trinajstić information content (AvgIpc) is 1.89. The molecule has 0 aromatic heterocycles. The molecule has 2 unspecified atom stereocenters. The molecule has 0 aromatic rings. The molecule has 64 valence electrons. The minimum atomic E-state index is -0.366. The van der Waals surface area contributed by atoms with Gasteiger partial charge in [0.1, 0.15) is 0 Å². The maximum Gasteiger partial charge on any atom is 2.00 e. The van der Waals surface area contributed by atoms with Crippen molar-refractivity contribution in [3.05, 3.63) is 0 Å². The Balaban J connectivity index is -0.000000107. The maximum absolute atomic E-state index is 9.90. The van der Waals surface area contributed by atoms with Crippen LogP contribution in [0.4, 0.5) is 0 Å². The van der Waals surface area contributed by atoms with Gasteiger partial charge in [-0.05, 0) is 0 Å². The minimum Gasteiger partial charge on any atom is -0.852 e. The topological polar surface area (TPSA) is 46.1 Å².